The summed E-state index contributed by atoms with van der Waals surface area (Å²) in [6, 6.07) is 18.5. The van der Waals surface area contributed by atoms with Crippen molar-refractivity contribution in [2.24, 2.45) is 0 Å². The molecule has 6 rings (SSSR count). The number of H-pyrrole nitrogens is 1. The summed E-state index contributed by atoms with van der Waals surface area (Å²) in [7, 11) is 2.15. The SMILES string of the molecule is CN1CCCN(c2ccc(-c3cnc4[nH]cc(-c5ccc(C(O)N6CC(O)C6)cc5)c4c3)cc2C#N)CC1. The van der Waals surface area contributed by atoms with Gasteiger partial charge in [0.2, 0.25) is 0 Å². The molecule has 2 aromatic heterocycles. The van der Waals surface area contributed by atoms with Crippen LogP contribution in [0.5, 0.6) is 0 Å². The van der Waals surface area contributed by atoms with Crippen LogP contribution in [0.4, 0.5) is 5.69 Å². The van der Waals surface area contributed by atoms with Crippen LogP contribution in [0.1, 0.15) is 23.8 Å². The lowest BCUT2D eigenvalue weighted by Gasteiger charge is -2.39. The Balaban J connectivity index is 1.28. The minimum atomic E-state index is -0.712. The summed E-state index contributed by atoms with van der Waals surface area (Å²) in [5, 5.41) is 31.0. The van der Waals surface area contributed by atoms with Crippen molar-refractivity contribution in [3.63, 3.8) is 0 Å². The van der Waals surface area contributed by atoms with Crippen molar-refractivity contribution in [1.82, 2.24) is 19.8 Å². The third-order valence-corrected chi connectivity index (χ3v) is 7.80. The van der Waals surface area contributed by atoms with E-state index >= 15 is 0 Å². The van der Waals surface area contributed by atoms with E-state index in [2.05, 4.69) is 51.1 Å². The van der Waals surface area contributed by atoms with Gasteiger partial charge in [-0.2, -0.15) is 5.26 Å². The number of hydrogen-bond acceptors (Lipinski definition) is 7. The number of aliphatic hydroxyl groups is 2. The molecular formula is C30H32N6O2. The highest BCUT2D eigenvalue weighted by Gasteiger charge is 2.30. The molecule has 4 aromatic rings. The van der Waals surface area contributed by atoms with E-state index in [9.17, 15) is 15.5 Å². The lowest BCUT2D eigenvalue weighted by Crippen LogP contribution is -2.52. The van der Waals surface area contributed by atoms with Gasteiger partial charge in [-0.25, -0.2) is 4.98 Å². The van der Waals surface area contributed by atoms with E-state index in [4.69, 9.17) is 0 Å². The fourth-order valence-corrected chi connectivity index (χ4v) is 5.50. The van der Waals surface area contributed by atoms with Gasteiger partial charge >= 0.3 is 0 Å². The summed E-state index contributed by atoms with van der Waals surface area (Å²) in [5.41, 5.74) is 7.26. The first-order valence-electron chi connectivity index (χ1n) is 13.2. The van der Waals surface area contributed by atoms with Gasteiger partial charge in [-0.1, -0.05) is 30.3 Å². The zero-order valence-electron chi connectivity index (χ0n) is 21.5. The summed E-state index contributed by atoms with van der Waals surface area (Å²) in [4.78, 5) is 14.4. The van der Waals surface area contributed by atoms with Gasteiger partial charge in [0.1, 0.15) is 17.9 Å². The van der Waals surface area contributed by atoms with E-state index < -0.39 is 6.23 Å². The topological polar surface area (TPSA) is 103 Å². The number of aliphatic hydroxyl groups excluding tert-OH is 2. The molecule has 8 nitrogen and oxygen atoms in total. The maximum atomic E-state index is 10.6. The number of fused-ring (bicyclic) bond motifs is 1. The number of benzene rings is 2. The quantitative estimate of drug-likeness (QED) is 0.379. The summed E-state index contributed by atoms with van der Waals surface area (Å²) in [5.74, 6) is 0. The molecule has 2 aliphatic rings. The Labute approximate surface area is 222 Å². The normalized spacial score (nSPS) is 18.2. The van der Waals surface area contributed by atoms with Gasteiger partial charge < -0.3 is 25.0 Å². The van der Waals surface area contributed by atoms with E-state index in [1.807, 2.05) is 47.6 Å². The van der Waals surface area contributed by atoms with Crippen molar-refractivity contribution in [2.45, 2.75) is 18.8 Å². The lowest BCUT2D eigenvalue weighted by molar-refractivity contribution is -0.101. The highest BCUT2D eigenvalue weighted by Crippen LogP contribution is 2.34. The standard InChI is InChI=1S/C30H32N6O2/c1-34-9-2-10-35(12-11-34)28-8-7-22(13-23(28)15-31)24-14-26-27(17-33-29(26)32-16-24)20-3-5-21(6-4-20)30(38)36-18-25(37)19-36/h3-8,13-14,16-17,25,30,37-38H,2,9-12,18-19H2,1H3,(H,32,33). The van der Waals surface area contributed by atoms with E-state index in [0.29, 0.717) is 18.7 Å². The van der Waals surface area contributed by atoms with Crippen molar-refractivity contribution >= 4 is 16.7 Å². The second kappa shape index (κ2) is 10.2. The van der Waals surface area contributed by atoms with Crippen LogP contribution in [0.2, 0.25) is 0 Å². The largest absolute Gasteiger partial charge is 0.390 e. The molecule has 2 aromatic carbocycles. The molecule has 2 aliphatic heterocycles. The zero-order chi connectivity index (χ0) is 26.2. The second-order valence-corrected chi connectivity index (χ2v) is 10.4. The molecule has 0 radical (unpaired) electrons. The van der Waals surface area contributed by atoms with Crippen LogP contribution in [0.25, 0.3) is 33.3 Å². The van der Waals surface area contributed by atoms with Crippen LogP contribution in [-0.2, 0) is 0 Å². The molecule has 2 saturated heterocycles. The molecule has 3 N–H and O–H groups in total. The number of hydrogen-bond donors (Lipinski definition) is 3. The van der Waals surface area contributed by atoms with E-state index in [0.717, 1.165) is 77.1 Å². The number of β-amino-alcohol motifs (C(OH)–C–C–N with tert-alkyl or cyclic N) is 1. The van der Waals surface area contributed by atoms with Gasteiger partial charge in [0.15, 0.2) is 0 Å². The molecule has 1 atom stereocenters. The lowest BCUT2D eigenvalue weighted by atomic mass is 9.99. The molecule has 0 amide bonds. The molecule has 8 heteroatoms. The molecule has 2 fully saturated rings. The van der Waals surface area contributed by atoms with Gasteiger partial charge in [0.05, 0.1) is 17.4 Å². The fourth-order valence-electron chi connectivity index (χ4n) is 5.50. The highest BCUT2D eigenvalue weighted by molar-refractivity contribution is 5.96. The predicted octanol–water partition coefficient (Wildman–Crippen LogP) is 3.58. The molecule has 38 heavy (non-hydrogen) atoms. The van der Waals surface area contributed by atoms with Crippen LogP contribution < -0.4 is 4.90 Å². The molecule has 0 aliphatic carbocycles. The Hall–Kier alpha value is -3.74. The molecule has 0 bridgehead atoms. The number of nitrogens with one attached hydrogen (secondary N) is 1. The van der Waals surface area contributed by atoms with Crippen LogP contribution >= 0.6 is 0 Å². The van der Waals surface area contributed by atoms with Crippen LogP contribution in [0, 0.1) is 11.3 Å². The first-order chi connectivity index (χ1) is 18.5. The van der Waals surface area contributed by atoms with Gasteiger partial charge in [0, 0.05) is 61.6 Å². The third kappa shape index (κ3) is 4.66. The summed E-state index contributed by atoms with van der Waals surface area (Å²) in [6.07, 6.45) is 3.82. The molecule has 0 spiro atoms. The average Bonchev–Trinajstić information content (AvgIpc) is 3.23. The Morgan fingerprint density at radius 1 is 1.00 bits per heavy atom. The number of pyridine rings is 1. The summed E-state index contributed by atoms with van der Waals surface area (Å²) in [6.45, 7) is 4.92. The second-order valence-electron chi connectivity index (χ2n) is 10.4. The van der Waals surface area contributed by atoms with E-state index in [1.165, 1.54) is 0 Å². The highest BCUT2D eigenvalue weighted by atomic mass is 16.3. The van der Waals surface area contributed by atoms with E-state index in [1.54, 1.807) is 0 Å². The first-order valence-corrected chi connectivity index (χ1v) is 13.2. The fraction of sp³-hybridized carbons (Fsp3) is 0.333. The Kier molecular flexibility index (Phi) is 6.60. The van der Waals surface area contributed by atoms with Gasteiger partial charge in [-0.05, 0) is 54.9 Å². The molecule has 1 unspecified atom stereocenters. The first kappa shape index (κ1) is 24.6. The monoisotopic (exact) mass is 508 g/mol. The van der Waals surface area contributed by atoms with E-state index in [-0.39, 0.29) is 6.10 Å². The van der Waals surface area contributed by atoms with Crippen molar-refractivity contribution in [3.05, 3.63) is 72.1 Å². The molecule has 0 saturated carbocycles. The Morgan fingerprint density at radius 2 is 1.79 bits per heavy atom. The zero-order valence-corrected chi connectivity index (χ0v) is 21.5. The average molecular weight is 509 g/mol. The predicted molar refractivity (Wildman–Crippen MR) is 149 cm³/mol. The minimum Gasteiger partial charge on any atom is -0.390 e. The number of aromatic amines is 1. The van der Waals surface area contributed by atoms with Crippen molar-refractivity contribution < 1.29 is 10.2 Å². The number of anilines is 1. The smallest absolute Gasteiger partial charge is 0.137 e. The van der Waals surface area contributed by atoms with Gasteiger partial charge in [-0.15, -0.1) is 0 Å². The maximum Gasteiger partial charge on any atom is 0.137 e. The molecular weight excluding hydrogens is 476 g/mol. The van der Waals surface area contributed by atoms with Crippen molar-refractivity contribution in [1.29, 1.82) is 5.26 Å². The van der Waals surface area contributed by atoms with Crippen LogP contribution in [0.3, 0.4) is 0 Å². The Morgan fingerprint density at radius 3 is 2.55 bits per heavy atom. The third-order valence-electron chi connectivity index (χ3n) is 7.80. The van der Waals surface area contributed by atoms with Crippen LogP contribution in [0.15, 0.2) is 60.9 Å². The van der Waals surface area contributed by atoms with Gasteiger partial charge in [-0.3, -0.25) is 4.90 Å². The summed E-state index contributed by atoms with van der Waals surface area (Å²) >= 11 is 0. The van der Waals surface area contributed by atoms with Crippen molar-refractivity contribution in [3.8, 4) is 28.3 Å². The maximum absolute atomic E-state index is 10.6. The number of rotatable bonds is 5. The molecule has 4 heterocycles. The number of nitriles is 1. The van der Waals surface area contributed by atoms with Crippen molar-refractivity contribution in [2.75, 3.05) is 51.2 Å². The van der Waals surface area contributed by atoms with Gasteiger partial charge in [0.25, 0.3) is 0 Å². The minimum absolute atomic E-state index is 0.353. The number of likely N-dealkylation sites (N-methyl/N-ethyl adjacent to an activating group) is 1. The number of aromatic nitrogens is 2. The summed E-state index contributed by atoms with van der Waals surface area (Å²) < 4.78 is 0. The Bertz CT molecular complexity index is 1490. The van der Waals surface area contributed by atoms with Crippen LogP contribution in [-0.4, -0.2) is 82.4 Å². The number of likely N-dealkylation sites (tertiary alicyclic amines) is 1. The molecule has 194 valence electrons. The number of nitrogens with zero attached hydrogens (tertiary/aromatic N) is 5.